The summed E-state index contributed by atoms with van der Waals surface area (Å²) in [5.74, 6) is -4.55. The van der Waals surface area contributed by atoms with Crippen LogP contribution < -0.4 is 0 Å². The zero-order chi connectivity index (χ0) is 18.1. The summed E-state index contributed by atoms with van der Waals surface area (Å²) in [6.07, 6.45) is 0. The Morgan fingerprint density at radius 2 is 1.25 bits per heavy atom. The molecule has 8 nitrogen and oxygen atoms in total. The minimum absolute atomic E-state index is 0.439. The van der Waals surface area contributed by atoms with Crippen LogP contribution in [0.3, 0.4) is 0 Å². The molecular weight excluding hydrogens is 340 g/mol. The van der Waals surface area contributed by atoms with Crippen molar-refractivity contribution in [2.45, 2.75) is 9.79 Å². The molecule has 0 unspecified atom stereocenters. The lowest BCUT2D eigenvalue weighted by Gasteiger charge is -2.11. The Labute approximate surface area is 135 Å². The standard InChI is InChI=1S/C15H10O8S/c16-13(17)8-5-6-10(15(20)21)12(7-8)24(22,23)11-4-2-1-3-9(11)14(18)19/h1-7H,(H,16,17)(H,18,19)(H,20,21). The number of rotatable bonds is 5. The monoisotopic (exact) mass is 350 g/mol. The first-order chi connectivity index (χ1) is 11.2. The molecule has 9 heteroatoms. The molecule has 0 aliphatic rings. The van der Waals surface area contributed by atoms with E-state index < -0.39 is 54.2 Å². The smallest absolute Gasteiger partial charge is 0.337 e. The van der Waals surface area contributed by atoms with Crippen LogP contribution >= 0.6 is 0 Å². The number of carbonyl (C=O) groups is 3. The Morgan fingerprint density at radius 1 is 0.708 bits per heavy atom. The summed E-state index contributed by atoms with van der Waals surface area (Å²) in [7, 11) is -4.57. The molecular formula is C15H10O8S. The molecule has 2 aromatic carbocycles. The SMILES string of the molecule is O=C(O)c1ccc(C(=O)O)c(S(=O)(=O)c2ccccc2C(=O)O)c1. The summed E-state index contributed by atoms with van der Waals surface area (Å²) in [4.78, 5) is 32.1. The van der Waals surface area contributed by atoms with E-state index in [2.05, 4.69) is 0 Å². The first-order valence-corrected chi connectivity index (χ1v) is 7.82. The lowest BCUT2D eigenvalue weighted by atomic mass is 10.1. The largest absolute Gasteiger partial charge is 0.478 e. The number of sulfone groups is 1. The fraction of sp³-hybridized carbons (Fsp3) is 0. The van der Waals surface area contributed by atoms with E-state index in [0.717, 1.165) is 24.3 Å². The van der Waals surface area contributed by atoms with Gasteiger partial charge in [0.05, 0.1) is 26.5 Å². The topological polar surface area (TPSA) is 146 Å². The van der Waals surface area contributed by atoms with Gasteiger partial charge in [-0.25, -0.2) is 22.8 Å². The lowest BCUT2D eigenvalue weighted by Crippen LogP contribution is -2.14. The van der Waals surface area contributed by atoms with Crippen LogP contribution in [0.4, 0.5) is 0 Å². The molecule has 0 saturated heterocycles. The molecule has 0 aromatic heterocycles. The molecule has 2 rings (SSSR count). The van der Waals surface area contributed by atoms with E-state index in [4.69, 9.17) is 15.3 Å². The summed E-state index contributed by atoms with van der Waals surface area (Å²) in [6, 6.07) is 7.15. The first kappa shape index (κ1) is 17.2. The predicted octanol–water partition coefficient (Wildman–Crippen LogP) is 1.61. The van der Waals surface area contributed by atoms with Crippen molar-refractivity contribution in [3.05, 3.63) is 59.2 Å². The molecule has 124 valence electrons. The number of hydrogen-bond donors (Lipinski definition) is 3. The van der Waals surface area contributed by atoms with Gasteiger partial charge in [-0.15, -0.1) is 0 Å². The Balaban J connectivity index is 2.83. The third-order valence-corrected chi connectivity index (χ3v) is 5.01. The summed E-state index contributed by atoms with van der Waals surface area (Å²) in [6.45, 7) is 0. The Bertz CT molecular complexity index is 959. The van der Waals surface area contributed by atoms with Gasteiger partial charge >= 0.3 is 17.9 Å². The van der Waals surface area contributed by atoms with Gasteiger partial charge in [0.15, 0.2) is 0 Å². The predicted molar refractivity (Wildman–Crippen MR) is 79.2 cm³/mol. The third-order valence-electron chi connectivity index (χ3n) is 3.16. The molecule has 2 aromatic rings. The van der Waals surface area contributed by atoms with Gasteiger partial charge in [0, 0.05) is 0 Å². The van der Waals surface area contributed by atoms with Crippen LogP contribution in [0.25, 0.3) is 0 Å². The van der Waals surface area contributed by atoms with Crippen molar-refractivity contribution in [1.29, 1.82) is 0 Å². The van der Waals surface area contributed by atoms with E-state index in [1.54, 1.807) is 0 Å². The number of aromatic carboxylic acids is 3. The maximum absolute atomic E-state index is 12.7. The highest BCUT2D eigenvalue weighted by Crippen LogP contribution is 2.28. The van der Waals surface area contributed by atoms with Crippen LogP contribution in [-0.2, 0) is 9.84 Å². The average Bonchev–Trinajstić information content (AvgIpc) is 2.54. The van der Waals surface area contributed by atoms with E-state index in [-0.39, 0.29) is 0 Å². The molecule has 24 heavy (non-hydrogen) atoms. The molecule has 0 radical (unpaired) electrons. The summed E-state index contributed by atoms with van der Waals surface area (Å²) in [5, 5.41) is 27.3. The van der Waals surface area contributed by atoms with Gasteiger partial charge < -0.3 is 15.3 Å². The molecule has 0 amide bonds. The van der Waals surface area contributed by atoms with Crippen molar-refractivity contribution < 1.29 is 38.1 Å². The van der Waals surface area contributed by atoms with Gasteiger partial charge in [0.25, 0.3) is 0 Å². The minimum Gasteiger partial charge on any atom is -0.478 e. The van der Waals surface area contributed by atoms with Crippen LogP contribution in [-0.4, -0.2) is 41.6 Å². The van der Waals surface area contributed by atoms with Crippen molar-refractivity contribution in [2.24, 2.45) is 0 Å². The number of carboxylic acid groups (broad SMARTS) is 3. The van der Waals surface area contributed by atoms with Crippen LogP contribution in [0.5, 0.6) is 0 Å². The Kier molecular flexibility index (Phi) is 4.38. The summed E-state index contributed by atoms with van der Waals surface area (Å²) in [5.41, 5.74) is -1.64. The van der Waals surface area contributed by atoms with Crippen molar-refractivity contribution in [2.75, 3.05) is 0 Å². The molecule has 0 bridgehead atoms. The molecule has 0 spiro atoms. The fourth-order valence-electron chi connectivity index (χ4n) is 2.05. The highest BCUT2D eigenvalue weighted by atomic mass is 32.2. The highest BCUT2D eigenvalue weighted by Gasteiger charge is 2.29. The number of hydrogen-bond acceptors (Lipinski definition) is 5. The second-order valence-electron chi connectivity index (χ2n) is 4.63. The molecule has 0 fully saturated rings. The zero-order valence-corrected chi connectivity index (χ0v) is 12.6. The number of carboxylic acids is 3. The normalized spacial score (nSPS) is 11.0. The van der Waals surface area contributed by atoms with Crippen LogP contribution in [0.1, 0.15) is 31.1 Å². The molecule has 0 aliphatic carbocycles. The summed E-state index contributed by atoms with van der Waals surface area (Å²) < 4.78 is 25.5. The van der Waals surface area contributed by atoms with Crippen molar-refractivity contribution in [3.8, 4) is 0 Å². The maximum Gasteiger partial charge on any atom is 0.337 e. The van der Waals surface area contributed by atoms with Gasteiger partial charge in [-0.05, 0) is 30.3 Å². The van der Waals surface area contributed by atoms with Gasteiger partial charge in [0.1, 0.15) is 0 Å². The van der Waals surface area contributed by atoms with Gasteiger partial charge in [-0.3, -0.25) is 0 Å². The maximum atomic E-state index is 12.7. The second kappa shape index (κ2) is 6.13. The highest BCUT2D eigenvalue weighted by molar-refractivity contribution is 7.91. The van der Waals surface area contributed by atoms with E-state index >= 15 is 0 Å². The molecule has 3 N–H and O–H groups in total. The van der Waals surface area contributed by atoms with Crippen molar-refractivity contribution in [3.63, 3.8) is 0 Å². The summed E-state index contributed by atoms with van der Waals surface area (Å²) >= 11 is 0. The van der Waals surface area contributed by atoms with E-state index in [1.807, 2.05) is 0 Å². The Morgan fingerprint density at radius 3 is 1.79 bits per heavy atom. The van der Waals surface area contributed by atoms with Crippen molar-refractivity contribution >= 4 is 27.7 Å². The second-order valence-corrected chi connectivity index (χ2v) is 6.51. The van der Waals surface area contributed by atoms with E-state index in [1.165, 1.54) is 12.1 Å². The molecule has 0 atom stereocenters. The third kappa shape index (κ3) is 2.97. The fourth-order valence-corrected chi connectivity index (χ4v) is 3.72. The molecule has 0 aliphatic heterocycles. The quantitative estimate of drug-likeness (QED) is 0.737. The molecule has 0 heterocycles. The van der Waals surface area contributed by atoms with Crippen LogP contribution in [0, 0.1) is 0 Å². The Hall–Kier alpha value is -3.20. The number of benzene rings is 2. The van der Waals surface area contributed by atoms with E-state index in [9.17, 15) is 22.8 Å². The van der Waals surface area contributed by atoms with Gasteiger partial charge in [-0.2, -0.15) is 0 Å². The van der Waals surface area contributed by atoms with E-state index in [0.29, 0.717) is 6.07 Å². The average molecular weight is 350 g/mol. The zero-order valence-electron chi connectivity index (χ0n) is 11.8. The van der Waals surface area contributed by atoms with Crippen molar-refractivity contribution in [1.82, 2.24) is 0 Å². The van der Waals surface area contributed by atoms with Crippen LogP contribution in [0.15, 0.2) is 52.3 Å². The van der Waals surface area contributed by atoms with Gasteiger partial charge in [0.2, 0.25) is 9.84 Å². The van der Waals surface area contributed by atoms with Gasteiger partial charge in [-0.1, -0.05) is 12.1 Å². The first-order valence-electron chi connectivity index (χ1n) is 6.34. The minimum atomic E-state index is -4.57. The van der Waals surface area contributed by atoms with Crippen LogP contribution in [0.2, 0.25) is 0 Å². The molecule has 0 saturated carbocycles. The lowest BCUT2D eigenvalue weighted by molar-refractivity contribution is 0.0678.